The second kappa shape index (κ2) is 8.79. The summed E-state index contributed by atoms with van der Waals surface area (Å²) < 4.78 is 0. The van der Waals surface area contributed by atoms with Crippen molar-refractivity contribution >= 4 is 23.3 Å². The zero-order chi connectivity index (χ0) is 11.1. The first-order valence-corrected chi connectivity index (χ1v) is 5.09. The summed E-state index contributed by atoms with van der Waals surface area (Å²) in [6, 6.07) is 7.98. The molecule has 0 atom stereocenters. The van der Waals surface area contributed by atoms with E-state index in [9.17, 15) is 4.79 Å². The van der Waals surface area contributed by atoms with Gasteiger partial charge in [-0.1, -0.05) is 5.69 Å². The molecule has 0 bridgehead atoms. The predicted molar refractivity (Wildman–Crippen MR) is 60.6 cm³/mol. The first kappa shape index (κ1) is 15.7. The Labute approximate surface area is 125 Å². The SMILES string of the molecule is Nc1c[c-]c(CNC(=O)NCCCl)cc1.[Y]. The Morgan fingerprint density at radius 2 is 2.19 bits per heavy atom. The van der Waals surface area contributed by atoms with Crippen LogP contribution >= 0.6 is 11.6 Å². The van der Waals surface area contributed by atoms with Gasteiger partial charge < -0.3 is 16.4 Å². The van der Waals surface area contributed by atoms with Gasteiger partial charge in [-0.25, -0.2) is 4.79 Å². The number of rotatable bonds is 4. The fourth-order valence-corrected chi connectivity index (χ4v) is 1.07. The standard InChI is InChI=1S/C10H13ClN3O.Y/c11-5-6-13-10(15)14-7-8-1-3-9(12)4-2-8;/h1,3-4H,5-7,12H2,(H2,13,14,15);/q-1;. The molecule has 0 saturated heterocycles. The van der Waals surface area contributed by atoms with Crippen LogP contribution in [0.25, 0.3) is 0 Å². The molecular formula is C10H13ClN3OY-. The number of hydrogen-bond acceptors (Lipinski definition) is 2. The van der Waals surface area contributed by atoms with Crippen LogP contribution in [0.5, 0.6) is 0 Å². The number of carbonyl (C=O) groups excluding carboxylic acids is 1. The number of carbonyl (C=O) groups is 1. The van der Waals surface area contributed by atoms with Crippen molar-refractivity contribution in [3.63, 3.8) is 0 Å². The molecule has 0 heterocycles. The summed E-state index contributed by atoms with van der Waals surface area (Å²) in [6.45, 7) is 0.882. The van der Waals surface area contributed by atoms with E-state index in [1.165, 1.54) is 0 Å². The number of anilines is 1. The van der Waals surface area contributed by atoms with Gasteiger partial charge in [-0.2, -0.15) is 18.2 Å². The van der Waals surface area contributed by atoms with Gasteiger partial charge in [0, 0.05) is 51.7 Å². The van der Waals surface area contributed by atoms with E-state index in [1.807, 2.05) is 6.07 Å². The minimum absolute atomic E-state index is 0. The molecule has 0 spiro atoms. The van der Waals surface area contributed by atoms with E-state index >= 15 is 0 Å². The van der Waals surface area contributed by atoms with E-state index < -0.39 is 0 Å². The Morgan fingerprint density at radius 1 is 1.44 bits per heavy atom. The molecule has 85 valence electrons. The molecule has 0 unspecified atom stereocenters. The second-order valence-corrected chi connectivity index (χ2v) is 3.32. The maximum Gasteiger partial charge on any atom is 0.315 e. The number of nitrogens with one attached hydrogen (secondary N) is 2. The van der Waals surface area contributed by atoms with Gasteiger partial charge in [0.1, 0.15) is 0 Å². The van der Waals surface area contributed by atoms with Crippen molar-refractivity contribution in [3.8, 4) is 0 Å². The third-order valence-electron chi connectivity index (χ3n) is 1.72. The van der Waals surface area contributed by atoms with Crippen molar-refractivity contribution in [1.29, 1.82) is 0 Å². The Balaban J connectivity index is 0.00000225. The van der Waals surface area contributed by atoms with Gasteiger partial charge in [-0.05, 0) is 0 Å². The fraction of sp³-hybridized carbons (Fsp3) is 0.300. The van der Waals surface area contributed by atoms with Crippen LogP contribution in [0.3, 0.4) is 0 Å². The molecule has 0 aliphatic rings. The minimum Gasteiger partial charge on any atom is -0.449 e. The van der Waals surface area contributed by atoms with Crippen molar-refractivity contribution in [1.82, 2.24) is 10.6 Å². The van der Waals surface area contributed by atoms with Crippen molar-refractivity contribution in [2.75, 3.05) is 18.2 Å². The molecule has 2 amide bonds. The minimum atomic E-state index is -0.235. The van der Waals surface area contributed by atoms with Crippen LogP contribution in [0.1, 0.15) is 5.56 Å². The fourth-order valence-electron chi connectivity index (χ4n) is 0.978. The van der Waals surface area contributed by atoms with Crippen LogP contribution in [-0.4, -0.2) is 18.5 Å². The molecule has 0 aromatic heterocycles. The number of benzene rings is 1. The zero-order valence-electron chi connectivity index (χ0n) is 8.79. The van der Waals surface area contributed by atoms with Crippen LogP contribution < -0.4 is 16.4 Å². The Bertz CT molecular complexity index is 318. The second-order valence-electron chi connectivity index (χ2n) is 2.95. The maximum absolute atomic E-state index is 11.1. The third kappa shape index (κ3) is 6.31. The summed E-state index contributed by atoms with van der Waals surface area (Å²) in [5, 5.41) is 5.27. The van der Waals surface area contributed by atoms with Crippen molar-refractivity contribution in [2.24, 2.45) is 0 Å². The van der Waals surface area contributed by atoms with Gasteiger partial charge in [-0.3, -0.25) is 0 Å². The Hall–Kier alpha value is -0.316. The van der Waals surface area contributed by atoms with E-state index in [1.54, 1.807) is 12.1 Å². The zero-order valence-corrected chi connectivity index (χ0v) is 12.4. The average molecular weight is 316 g/mol. The van der Waals surface area contributed by atoms with Gasteiger partial charge in [0.25, 0.3) is 0 Å². The van der Waals surface area contributed by atoms with Gasteiger partial charge >= 0.3 is 6.03 Å². The molecule has 16 heavy (non-hydrogen) atoms. The Morgan fingerprint density at radius 3 is 2.75 bits per heavy atom. The van der Waals surface area contributed by atoms with Gasteiger partial charge in [0.15, 0.2) is 0 Å². The molecule has 0 aliphatic carbocycles. The molecule has 4 nitrogen and oxygen atoms in total. The molecule has 4 N–H and O–H groups in total. The average Bonchev–Trinajstić information content (AvgIpc) is 2.25. The van der Waals surface area contributed by atoms with Crippen molar-refractivity contribution < 1.29 is 37.5 Å². The van der Waals surface area contributed by atoms with Crippen LogP contribution in [-0.2, 0) is 39.3 Å². The predicted octanol–water partition coefficient (Wildman–Crippen LogP) is 1.10. The summed E-state index contributed by atoms with van der Waals surface area (Å²) in [5.41, 5.74) is 7.04. The van der Waals surface area contributed by atoms with Crippen molar-refractivity contribution in [3.05, 3.63) is 29.8 Å². The summed E-state index contributed by atoms with van der Waals surface area (Å²) in [6.07, 6.45) is 0. The number of amides is 2. The van der Waals surface area contributed by atoms with Gasteiger partial charge in [-0.15, -0.1) is 23.2 Å². The van der Waals surface area contributed by atoms with Crippen LogP contribution in [0.15, 0.2) is 18.2 Å². The summed E-state index contributed by atoms with van der Waals surface area (Å²) >= 11 is 5.42. The number of nitrogens with two attached hydrogens (primary N) is 1. The number of halogens is 1. The molecule has 6 heteroatoms. The summed E-state index contributed by atoms with van der Waals surface area (Å²) in [4.78, 5) is 11.1. The van der Waals surface area contributed by atoms with Crippen LogP contribution in [0, 0.1) is 6.07 Å². The van der Waals surface area contributed by atoms with Crippen LogP contribution in [0.2, 0.25) is 0 Å². The summed E-state index contributed by atoms with van der Waals surface area (Å²) in [5.74, 6) is 0.404. The number of urea groups is 1. The maximum atomic E-state index is 11.1. The van der Waals surface area contributed by atoms with E-state index in [2.05, 4.69) is 16.7 Å². The Kier molecular flexibility index (Phi) is 8.62. The molecule has 1 aromatic rings. The molecule has 0 aliphatic heterocycles. The number of hydrogen-bond donors (Lipinski definition) is 3. The molecule has 0 saturated carbocycles. The topological polar surface area (TPSA) is 67.1 Å². The van der Waals surface area contributed by atoms with E-state index in [4.69, 9.17) is 17.3 Å². The van der Waals surface area contributed by atoms with Crippen molar-refractivity contribution in [2.45, 2.75) is 6.54 Å². The van der Waals surface area contributed by atoms with E-state index in [-0.39, 0.29) is 38.7 Å². The molecular weight excluding hydrogens is 302 g/mol. The monoisotopic (exact) mass is 315 g/mol. The molecule has 0 fully saturated rings. The van der Waals surface area contributed by atoms with Gasteiger partial charge in [0.05, 0.1) is 0 Å². The number of alkyl halides is 1. The molecule has 1 rings (SSSR count). The number of nitrogen functional groups attached to an aromatic ring is 1. The van der Waals surface area contributed by atoms with Gasteiger partial charge in [0.2, 0.25) is 0 Å². The first-order chi connectivity index (χ1) is 7.22. The third-order valence-corrected chi connectivity index (χ3v) is 1.91. The van der Waals surface area contributed by atoms with E-state index in [0.29, 0.717) is 24.7 Å². The van der Waals surface area contributed by atoms with E-state index in [0.717, 1.165) is 5.56 Å². The molecule has 1 aromatic carbocycles. The summed E-state index contributed by atoms with van der Waals surface area (Å²) in [7, 11) is 0. The van der Waals surface area contributed by atoms with Crippen LogP contribution in [0.4, 0.5) is 10.5 Å². The smallest absolute Gasteiger partial charge is 0.315 e. The first-order valence-electron chi connectivity index (χ1n) is 4.56. The molecule has 1 radical (unpaired) electrons. The largest absolute Gasteiger partial charge is 0.449 e. The normalized spacial score (nSPS) is 9.06. The quantitative estimate of drug-likeness (QED) is 0.442.